The Morgan fingerprint density at radius 2 is 1.88 bits per heavy atom. The fraction of sp³-hybridized carbons (Fsp3) is 0.421. The smallest absolute Gasteiger partial charge is 0.272 e. The predicted octanol–water partition coefficient (Wildman–Crippen LogP) is 2.36. The normalized spacial score (nSPS) is 14.8. The van der Waals surface area contributed by atoms with E-state index in [0.717, 1.165) is 12.1 Å². The van der Waals surface area contributed by atoms with Crippen molar-refractivity contribution in [3.8, 4) is 0 Å². The molecule has 0 bridgehead atoms. The highest BCUT2D eigenvalue weighted by molar-refractivity contribution is 5.92. The van der Waals surface area contributed by atoms with Crippen molar-refractivity contribution in [3.63, 3.8) is 0 Å². The fourth-order valence-corrected chi connectivity index (χ4v) is 3.17. The zero-order valence-electron chi connectivity index (χ0n) is 15.2. The number of anilines is 2. The number of halogens is 1. The molecular weight excluding hydrogens is 333 g/mol. The number of nitrogens with two attached hydrogens (primary N) is 1. The summed E-state index contributed by atoms with van der Waals surface area (Å²) in [6.07, 6.45) is 0.744. The van der Waals surface area contributed by atoms with Crippen molar-refractivity contribution in [3.05, 3.63) is 47.5 Å². The summed E-state index contributed by atoms with van der Waals surface area (Å²) >= 11 is 0. The molecule has 6 nitrogen and oxygen atoms in total. The van der Waals surface area contributed by atoms with Gasteiger partial charge in [-0.15, -0.1) is 0 Å². The van der Waals surface area contributed by atoms with E-state index in [9.17, 15) is 9.18 Å². The number of hydrogen-bond donors (Lipinski definition) is 1. The maximum atomic E-state index is 13.9. The fourth-order valence-electron chi connectivity index (χ4n) is 3.17. The van der Waals surface area contributed by atoms with E-state index in [-0.39, 0.29) is 17.7 Å². The third-order valence-corrected chi connectivity index (χ3v) is 4.39. The van der Waals surface area contributed by atoms with Crippen LogP contribution in [0.5, 0.6) is 0 Å². The Balaban J connectivity index is 1.69. The lowest BCUT2D eigenvalue weighted by molar-refractivity contribution is 0.0740. The Morgan fingerprint density at radius 1 is 1.19 bits per heavy atom. The zero-order valence-corrected chi connectivity index (χ0v) is 15.2. The molecule has 2 aromatic rings. The largest absolute Gasteiger partial charge is 0.368 e. The molecule has 26 heavy (non-hydrogen) atoms. The second-order valence-corrected chi connectivity index (χ2v) is 6.93. The highest BCUT2D eigenvalue weighted by Gasteiger charge is 2.25. The molecule has 1 aromatic heterocycles. The van der Waals surface area contributed by atoms with Crippen LogP contribution >= 0.6 is 0 Å². The maximum Gasteiger partial charge on any atom is 0.272 e. The second kappa shape index (κ2) is 7.68. The monoisotopic (exact) mass is 357 g/mol. The molecule has 0 saturated carbocycles. The Kier molecular flexibility index (Phi) is 5.35. The van der Waals surface area contributed by atoms with E-state index in [0.29, 0.717) is 43.5 Å². The number of para-hydroxylation sites is 1. The third kappa shape index (κ3) is 4.09. The van der Waals surface area contributed by atoms with Gasteiger partial charge in [0, 0.05) is 31.9 Å². The van der Waals surface area contributed by atoms with Crippen molar-refractivity contribution in [1.82, 2.24) is 14.9 Å². The summed E-state index contributed by atoms with van der Waals surface area (Å²) in [6, 6.07) is 8.42. The van der Waals surface area contributed by atoms with E-state index >= 15 is 0 Å². The van der Waals surface area contributed by atoms with Crippen molar-refractivity contribution in [2.75, 3.05) is 36.8 Å². The van der Waals surface area contributed by atoms with Gasteiger partial charge in [0.1, 0.15) is 11.5 Å². The van der Waals surface area contributed by atoms with Gasteiger partial charge in [0.05, 0.1) is 5.69 Å². The first-order valence-corrected chi connectivity index (χ1v) is 8.86. The minimum Gasteiger partial charge on any atom is -0.368 e. The van der Waals surface area contributed by atoms with Crippen LogP contribution < -0.4 is 10.6 Å². The lowest BCUT2D eigenvalue weighted by atomic mass is 10.1. The number of benzene rings is 1. The highest BCUT2D eigenvalue weighted by Crippen LogP contribution is 2.21. The first-order chi connectivity index (χ1) is 12.4. The van der Waals surface area contributed by atoms with E-state index in [4.69, 9.17) is 5.73 Å². The standard InChI is InChI=1S/C19H24FN5O/c1-13(2)11-14-12-16(23-19(21)22-14)18(26)25-9-7-24(8-10-25)17-6-4-3-5-15(17)20/h3-6,12-13H,7-11H2,1-2H3,(H2,21,22,23). The van der Waals surface area contributed by atoms with Crippen LogP contribution in [-0.2, 0) is 6.42 Å². The van der Waals surface area contributed by atoms with Gasteiger partial charge in [0.2, 0.25) is 5.95 Å². The number of rotatable bonds is 4. The number of aromatic nitrogens is 2. The maximum absolute atomic E-state index is 13.9. The summed E-state index contributed by atoms with van der Waals surface area (Å²) in [7, 11) is 0. The molecule has 1 amide bonds. The van der Waals surface area contributed by atoms with Crippen LogP contribution in [0.25, 0.3) is 0 Å². The molecule has 2 heterocycles. The number of hydrogen-bond acceptors (Lipinski definition) is 5. The summed E-state index contributed by atoms with van der Waals surface area (Å²) in [4.78, 5) is 24.8. The van der Waals surface area contributed by atoms with E-state index in [1.807, 2.05) is 11.0 Å². The quantitative estimate of drug-likeness (QED) is 0.909. The molecule has 1 aliphatic heterocycles. The lowest BCUT2D eigenvalue weighted by Gasteiger charge is -2.36. The number of carbonyl (C=O) groups is 1. The molecular formula is C19H24FN5O. The van der Waals surface area contributed by atoms with Gasteiger partial charge in [-0.05, 0) is 30.5 Å². The van der Waals surface area contributed by atoms with E-state index in [2.05, 4.69) is 23.8 Å². The average molecular weight is 357 g/mol. The summed E-state index contributed by atoms with van der Waals surface area (Å²) < 4.78 is 13.9. The van der Waals surface area contributed by atoms with Crippen LogP contribution in [0.3, 0.4) is 0 Å². The predicted molar refractivity (Wildman–Crippen MR) is 99.5 cm³/mol. The van der Waals surface area contributed by atoms with Gasteiger partial charge in [-0.3, -0.25) is 4.79 Å². The molecule has 0 spiro atoms. The Hall–Kier alpha value is -2.70. The topological polar surface area (TPSA) is 75.4 Å². The zero-order chi connectivity index (χ0) is 18.7. The van der Waals surface area contributed by atoms with Crippen LogP contribution in [0, 0.1) is 11.7 Å². The number of piperazine rings is 1. The van der Waals surface area contributed by atoms with Crippen molar-refractivity contribution in [1.29, 1.82) is 0 Å². The molecule has 1 aliphatic rings. The minimum atomic E-state index is -0.242. The van der Waals surface area contributed by atoms with Gasteiger partial charge in [-0.25, -0.2) is 14.4 Å². The van der Waals surface area contributed by atoms with Crippen molar-refractivity contribution in [2.24, 2.45) is 5.92 Å². The van der Waals surface area contributed by atoms with Crippen molar-refractivity contribution >= 4 is 17.5 Å². The lowest BCUT2D eigenvalue weighted by Crippen LogP contribution is -2.49. The molecule has 3 rings (SSSR count). The second-order valence-electron chi connectivity index (χ2n) is 6.93. The molecule has 1 aromatic carbocycles. The Labute approximate surface area is 152 Å². The third-order valence-electron chi connectivity index (χ3n) is 4.39. The highest BCUT2D eigenvalue weighted by atomic mass is 19.1. The summed E-state index contributed by atoms with van der Waals surface area (Å²) in [5, 5.41) is 0. The number of amides is 1. The Bertz CT molecular complexity index is 787. The molecule has 1 saturated heterocycles. The molecule has 0 unspecified atom stereocenters. The van der Waals surface area contributed by atoms with Gasteiger partial charge < -0.3 is 15.5 Å². The van der Waals surface area contributed by atoms with Gasteiger partial charge in [0.15, 0.2) is 0 Å². The molecule has 138 valence electrons. The molecule has 2 N–H and O–H groups in total. The van der Waals surface area contributed by atoms with Crippen LogP contribution in [0.4, 0.5) is 16.0 Å². The first-order valence-electron chi connectivity index (χ1n) is 8.86. The van der Waals surface area contributed by atoms with Gasteiger partial charge in [-0.1, -0.05) is 26.0 Å². The summed E-state index contributed by atoms with van der Waals surface area (Å²) in [5.74, 6) is 0.138. The van der Waals surface area contributed by atoms with Crippen LogP contribution in [0.1, 0.15) is 30.0 Å². The average Bonchev–Trinajstić information content (AvgIpc) is 2.60. The molecule has 1 fully saturated rings. The molecule has 0 atom stereocenters. The van der Waals surface area contributed by atoms with Crippen LogP contribution in [0.2, 0.25) is 0 Å². The van der Waals surface area contributed by atoms with Crippen LogP contribution in [-0.4, -0.2) is 47.0 Å². The van der Waals surface area contributed by atoms with E-state index in [1.54, 1.807) is 23.1 Å². The van der Waals surface area contributed by atoms with E-state index in [1.165, 1.54) is 6.07 Å². The molecule has 7 heteroatoms. The first kappa shape index (κ1) is 18.1. The van der Waals surface area contributed by atoms with Crippen LogP contribution in [0.15, 0.2) is 30.3 Å². The minimum absolute atomic E-state index is 0.122. The number of nitrogen functional groups attached to an aromatic ring is 1. The van der Waals surface area contributed by atoms with E-state index < -0.39 is 0 Å². The molecule has 0 aliphatic carbocycles. The van der Waals surface area contributed by atoms with Gasteiger partial charge in [-0.2, -0.15) is 0 Å². The van der Waals surface area contributed by atoms with Crippen molar-refractivity contribution in [2.45, 2.75) is 20.3 Å². The number of nitrogens with zero attached hydrogens (tertiary/aromatic N) is 4. The summed E-state index contributed by atoms with van der Waals surface area (Å²) in [5.41, 5.74) is 7.45. The number of carbonyl (C=O) groups excluding carboxylic acids is 1. The van der Waals surface area contributed by atoms with Crippen molar-refractivity contribution < 1.29 is 9.18 Å². The van der Waals surface area contributed by atoms with Gasteiger partial charge in [0.25, 0.3) is 5.91 Å². The SMILES string of the molecule is CC(C)Cc1cc(C(=O)N2CCN(c3ccccc3F)CC2)nc(N)n1. The molecule has 0 radical (unpaired) electrons. The Morgan fingerprint density at radius 3 is 2.54 bits per heavy atom. The summed E-state index contributed by atoms with van der Waals surface area (Å²) in [6.45, 7) is 6.34. The van der Waals surface area contributed by atoms with Gasteiger partial charge >= 0.3 is 0 Å².